The second kappa shape index (κ2) is 5.47. The summed E-state index contributed by atoms with van der Waals surface area (Å²) < 4.78 is 14.7. The monoisotopic (exact) mass is 304 g/mol. The predicted octanol–water partition coefficient (Wildman–Crippen LogP) is 4.80. The Morgan fingerprint density at radius 2 is 2.25 bits per heavy atom. The Morgan fingerprint density at radius 3 is 3.05 bits per heavy atom. The van der Waals surface area contributed by atoms with Gasteiger partial charge in [-0.05, 0) is 41.6 Å². The molecular weight excluding hydrogens is 291 g/mol. The molecule has 1 aliphatic heterocycles. The van der Waals surface area contributed by atoms with Crippen molar-refractivity contribution in [3.63, 3.8) is 0 Å². The predicted molar refractivity (Wildman–Crippen MR) is 81.7 cm³/mol. The summed E-state index contributed by atoms with van der Waals surface area (Å²) in [6, 6.07) is 8.86. The summed E-state index contributed by atoms with van der Waals surface area (Å²) in [6.07, 6.45) is 1.02. The van der Waals surface area contributed by atoms with E-state index in [1.54, 1.807) is 23.5 Å². The molecule has 5 heteroatoms. The number of thioether (sulfide) groups is 1. The Hall–Kier alpha value is -1.51. The van der Waals surface area contributed by atoms with Gasteiger partial charge >= 0.3 is 0 Å². The molecule has 102 valence electrons. The molecule has 0 fully saturated rings. The Morgan fingerprint density at radius 1 is 1.40 bits per heavy atom. The van der Waals surface area contributed by atoms with Crippen molar-refractivity contribution in [1.29, 1.82) is 5.26 Å². The summed E-state index contributed by atoms with van der Waals surface area (Å²) in [7, 11) is 0. The van der Waals surface area contributed by atoms with Crippen molar-refractivity contribution in [3.8, 4) is 6.07 Å². The lowest BCUT2D eigenvalue weighted by Gasteiger charge is -2.28. The van der Waals surface area contributed by atoms with E-state index < -0.39 is 5.82 Å². The van der Waals surface area contributed by atoms with Crippen LogP contribution in [0, 0.1) is 17.1 Å². The summed E-state index contributed by atoms with van der Waals surface area (Å²) in [4.78, 5) is 0. The summed E-state index contributed by atoms with van der Waals surface area (Å²) >= 11 is 3.67. The molecule has 0 aliphatic carbocycles. The number of halogens is 1. The SMILES string of the molecule is C[C@H]1CC(Nc2ccc(F)c(C#N)c2)c2ccsc2S1. The van der Waals surface area contributed by atoms with Crippen molar-refractivity contribution < 1.29 is 4.39 Å². The third-order valence-electron chi connectivity index (χ3n) is 3.34. The fraction of sp³-hybridized carbons (Fsp3) is 0.267. The van der Waals surface area contributed by atoms with Crippen LogP contribution in [0.25, 0.3) is 0 Å². The molecule has 1 aliphatic rings. The molecule has 0 radical (unpaired) electrons. The molecule has 1 N–H and O–H groups in total. The van der Waals surface area contributed by atoms with Gasteiger partial charge in [-0.3, -0.25) is 0 Å². The molecule has 0 amide bonds. The number of benzene rings is 1. The van der Waals surface area contributed by atoms with Gasteiger partial charge < -0.3 is 5.32 Å². The molecule has 1 unspecified atom stereocenters. The number of hydrogen-bond donors (Lipinski definition) is 1. The van der Waals surface area contributed by atoms with Crippen molar-refractivity contribution in [2.24, 2.45) is 0 Å². The van der Waals surface area contributed by atoms with Crippen molar-refractivity contribution in [2.75, 3.05) is 5.32 Å². The van der Waals surface area contributed by atoms with Crippen molar-refractivity contribution >= 4 is 28.8 Å². The number of thiophene rings is 1. The van der Waals surface area contributed by atoms with Crippen LogP contribution < -0.4 is 5.32 Å². The maximum atomic E-state index is 13.3. The first-order chi connectivity index (χ1) is 9.67. The molecule has 2 atom stereocenters. The van der Waals surface area contributed by atoms with E-state index in [9.17, 15) is 4.39 Å². The van der Waals surface area contributed by atoms with E-state index in [0.717, 1.165) is 12.1 Å². The first-order valence-corrected chi connectivity index (χ1v) is 8.13. The number of nitrogens with one attached hydrogen (secondary N) is 1. The minimum Gasteiger partial charge on any atom is -0.378 e. The molecule has 0 saturated heterocycles. The van der Waals surface area contributed by atoms with Gasteiger partial charge in [-0.1, -0.05) is 6.92 Å². The lowest BCUT2D eigenvalue weighted by Crippen LogP contribution is -2.19. The lowest BCUT2D eigenvalue weighted by molar-refractivity contribution is 0.623. The lowest BCUT2D eigenvalue weighted by atomic mass is 10.0. The minimum absolute atomic E-state index is 0.0822. The molecule has 3 rings (SSSR count). The summed E-state index contributed by atoms with van der Waals surface area (Å²) in [6.45, 7) is 2.22. The number of nitriles is 1. The number of anilines is 1. The Labute approximate surface area is 125 Å². The molecule has 0 saturated carbocycles. The zero-order valence-electron chi connectivity index (χ0n) is 10.9. The highest BCUT2D eigenvalue weighted by Crippen LogP contribution is 2.44. The van der Waals surface area contributed by atoms with Crippen molar-refractivity contribution in [3.05, 3.63) is 46.6 Å². The van der Waals surface area contributed by atoms with Gasteiger partial charge in [0.25, 0.3) is 0 Å². The number of fused-ring (bicyclic) bond motifs is 1. The molecule has 2 heterocycles. The molecule has 0 bridgehead atoms. The van der Waals surface area contributed by atoms with E-state index in [0.29, 0.717) is 5.25 Å². The molecular formula is C15H13FN2S2. The molecule has 1 aromatic carbocycles. The topological polar surface area (TPSA) is 35.8 Å². The van der Waals surface area contributed by atoms with Crippen LogP contribution in [0.2, 0.25) is 0 Å². The normalized spacial score (nSPS) is 21.1. The highest BCUT2D eigenvalue weighted by Gasteiger charge is 2.26. The Bertz CT molecular complexity index is 675. The number of rotatable bonds is 2. The maximum absolute atomic E-state index is 13.3. The van der Waals surface area contributed by atoms with E-state index in [1.807, 2.05) is 17.8 Å². The van der Waals surface area contributed by atoms with Crippen LogP contribution in [-0.2, 0) is 0 Å². The third kappa shape index (κ3) is 2.54. The van der Waals surface area contributed by atoms with Crippen LogP contribution in [0.5, 0.6) is 0 Å². The van der Waals surface area contributed by atoms with Gasteiger partial charge in [0.2, 0.25) is 0 Å². The van der Waals surface area contributed by atoms with Crippen LogP contribution in [0.3, 0.4) is 0 Å². The average molecular weight is 304 g/mol. The van der Waals surface area contributed by atoms with Gasteiger partial charge in [-0.2, -0.15) is 5.26 Å². The van der Waals surface area contributed by atoms with Crippen LogP contribution in [-0.4, -0.2) is 5.25 Å². The molecule has 0 spiro atoms. The highest BCUT2D eigenvalue weighted by atomic mass is 32.2. The van der Waals surface area contributed by atoms with Gasteiger partial charge in [-0.15, -0.1) is 23.1 Å². The van der Waals surface area contributed by atoms with Crippen LogP contribution in [0.1, 0.15) is 30.5 Å². The smallest absolute Gasteiger partial charge is 0.141 e. The van der Waals surface area contributed by atoms with Crippen molar-refractivity contribution in [1.82, 2.24) is 0 Å². The van der Waals surface area contributed by atoms with Crippen LogP contribution in [0.15, 0.2) is 33.9 Å². The largest absolute Gasteiger partial charge is 0.378 e. The maximum Gasteiger partial charge on any atom is 0.141 e. The molecule has 2 aromatic rings. The minimum atomic E-state index is -0.471. The number of nitrogens with zero attached hydrogens (tertiary/aromatic N) is 1. The fourth-order valence-electron chi connectivity index (χ4n) is 2.39. The summed E-state index contributed by atoms with van der Waals surface area (Å²) in [5, 5.41) is 15.0. The first kappa shape index (κ1) is 13.5. The zero-order valence-corrected chi connectivity index (χ0v) is 12.5. The second-order valence-electron chi connectivity index (χ2n) is 4.83. The standard InChI is InChI=1S/C15H13FN2S2/c1-9-6-14(12-4-5-19-15(12)20-9)18-11-2-3-13(16)10(7-11)8-17/h2-5,7,9,14,18H,6H2,1H3/t9-,14?/m0/s1. The van der Waals surface area contributed by atoms with Gasteiger partial charge in [-0.25, -0.2) is 4.39 Å². The molecule has 1 aromatic heterocycles. The quantitative estimate of drug-likeness (QED) is 0.866. The Balaban J connectivity index is 1.87. The average Bonchev–Trinajstić information content (AvgIpc) is 2.89. The van der Waals surface area contributed by atoms with E-state index >= 15 is 0 Å². The third-order valence-corrected chi connectivity index (χ3v) is 5.68. The van der Waals surface area contributed by atoms with Gasteiger partial charge in [0.15, 0.2) is 0 Å². The van der Waals surface area contributed by atoms with E-state index in [1.165, 1.54) is 15.8 Å². The van der Waals surface area contributed by atoms with Gasteiger partial charge in [0, 0.05) is 10.9 Å². The van der Waals surface area contributed by atoms with Crippen LogP contribution >= 0.6 is 23.1 Å². The van der Waals surface area contributed by atoms with Gasteiger partial charge in [0.1, 0.15) is 11.9 Å². The summed E-state index contributed by atoms with van der Waals surface area (Å²) in [5.41, 5.74) is 2.18. The summed E-state index contributed by atoms with van der Waals surface area (Å²) in [5.74, 6) is -0.471. The second-order valence-corrected chi connectivity index (χ2v) is 7.45. The van der Waals surface area contributed by atoms with E-state index in [-0.39, 0.29) is 11.6 Å². The fourth-order valence-corrected chi connectivity index (χ4v) is 4.95. The van der Waals surface area contributed by atoms with E-state index in [4.69, 9.17) is 5.26 Å². The number of hydrogen-bond acceptors (Lipinski definition) is 4. The van der Waals surface area contributed by atoms with Crippen molar-refractivity contribution in [2.45, 2.75) is 28.8 Å². The first-order valence-electron chi connectivity index (χ1n) is 6.37. The molecule has 20 heavy (non-hydrogen) atoms. The van der Waals surface area contributed by atoms with Gasteiger partial charge in [0.05, 0.1) is 15.8 Å². The molecule has 2 nitrogen and oxygen atoms in total. The Kier molecular flexibility index (Phi) is 3.68. The van der Waals surface area contributed by atoms with E-state index in [2.05, 4.69) is 23.7 Å². The highest BCUT2D eigenvalue weighted by molar-refractivity contribution is 8.01. The van der Waals surface area contributed by atoms with Crippen LogP contribution in [0.4, 0.5) is 10.1 Å². The zero-order chi connectivity index (χ0) is 14.1.